The van der Waals surface area contributed by atoms with Crippen molar-refractivity contribution < 1.29 is 19.1 Å². The molecule has 6 nitrogen and oxygen atoms in total. The van der Waals surface area contributed by atoms with Crippen molar-refractivity contribution >= 4 is 40.6 Å². The molecule has 0 saturated carbocycles. The van der Waals surface area contributed by atoms with E-state index < -0.39 is 5.97 Å². The van der Waals surface area contributed by atoms with Gasteiger partial charge in [-0.3, -0.25) is 4.79 Å². The third kappa shape index (κ3) is 3.89. The number of rotatable bonds is 4. The van der Waals surface area contributed by atoms with Crippen molar-refractivity contribution in [2.45, 2.75) is 0 Å². The second-order valence-electron chi connectivity index (χ2n) is 5.90. The first kappa shape index (κ1) is 17.8. The van der Waals surface area contributed by atoms with E-state index in [1.807, 2.05) is 30.3 Å². The Morgan fingerprint density at radius 1 is 1.04 bits per heavy atom. The molecule has 1 aromatic heterocycles. The zero-order chi connectivity index (χ0) is 19.5. The number of furan rings is 1. The van der Waals surface area contributed by atoms with Gasteiger partial charge in [0.2, 0.25) is 0 Å². The molecule has 0 bridgehead atoms. The van der Waals surface area contributed by atoms with Gasteiger partial charge in [0.15, 0.2) is 0 Å². The van der Waals surface area contributed by atoms with Crippen molar-refractivity contribution in [3.05, 3.63) is 83.0 Å². The Hall–Kier alpha value is -3.58. The van der Waals surface area contributed by atoms with Crippen LogP contribution in [0.2, 0.25) is 0 Å². The number of carboxylic acids is 1. The number of nitrogens with zero attached hydrogens (tertiary/aromatic N) is 1. The fourth-order valence-corrected chi connectivity index (χ4v) is 3.35. The topological polar surface area (TPSA) is 91.9 Å². The number of amidine groups is 1. The summed E-state index contributed by atoms with van der Waals surface area (Å²) in [6.07, 6.45) is 1.75. The van der Waals surface area contributed by atoms with Crippen LogP contribution < -0.4 is 5.32 Å². The predicted octanol–water partition coefficient (Wildman–Crippen LogP) is 5.17. The molecule has 3 aromatic rings. The van der Waals surface area contributed by atoms with Gasteiger partial charge in [-0.15, -0.1) is 0 Å². The number of hydrogen-bond acceptors (Lipinski definition) is 5. The van der Waals surface area contributed by atoms with Crippen LogP contribution in [0, 0.1) is 0 Å². The number of aromatic carboxylic acids is 1. The van der Waals surface area contributed by atoms with Crippen LogP contribution in [-0.2, 0) is 0 Å². The standard InChI is InChI=1S/C21H14N2O4S/c24-20(25)14-8-6-13(7-9-14)17-11-10-16(27-17)12-18-19(23-21(26)28-18)22-15-4-2-1-3-5-15/h1-12H,(H,24,25)(H,22,23,26). The molecule has 1 amide bonds. The molecule has 0 aliphatic carbocycles. The smallest absolute Gasteiger partial charge is 0.335 e. The van der Waals surface area contributed by atoms with Crippen LogP contribution in [-0.4, -0.2) is 22.2 Å². The Kier molecular flexibility index (Phi) is 4.82. The molecule has 0 radical (unpaired) electrons. The van der Waals surface area contributed by atoms with Crippen LogP contribution in [0.25, 0.3) is 17.4 Å². The highest BCUT2D eigenvalue weighted by Gasteiger charge is 2.24. The first-order valence-electron chi connectivity index (χ1n) is 8.37. The number of aliphatic imine (C=N–C) groups is 1. The monoisotopic (exact) mass is 390 g/mol. The summed E-state index contributed by atoms with van der Waals surface area (Å²) in [5, 5.41) is 11.5. The van der Waals surface area contributed by atoms with Gasteiger partial charge in [-0.1, -0.05) is 30.3 Å². The lowest BCUT2D eigenvalue weighted by Gasteiger charge is -1.99. The van der Waals surface area contributed by atoms with E-state index in [2.05, 4.69) is 10.3 Å². The third-order valence-corrected chi connectivity index (χ3v) is 4.79. The van der Waals surface area contributed by atoms with Crippen LogP contribution >= 0.6 is 11.8 Å². The van der Waals surface area contributed by atoms with Gasteiger partial charge >= 0.3 is 5.97 Å². The largest absolute Gasteiger partial charge is 0.478 e. The molecular formula is C21H14N2O4S. The lowest BCUT2D eigenvalue weighted by Crippen LogP contribution is -2.18. The normalized spacial score (nSPS) is 16.5. The summed E-state index contributed by atoms with van der Waals surface area (Å²) in [6, 6.07) is 19.4. The average molecular weight is 390 g/mol. The van der Waals surface area contributed by atoms with Gasteiger partial charge in [-0.25, -0.2) is 9.79 Å². The molecule has 138 valence electrons. The number of nitrogens with one attached hydrogen (secondary N) is 1. The van der Waals surface area contributed by atoms with Crippen molar-refractivity contribution in [2.24, 2.45) is 4.99 Å². The summed E-state index contributed by atoms with van der Waals surface area (Å²) < 4.78 is 5.83. The van der Waals surface area contributed by atoms with Crippen molar-refractivity contribution in [2.75, 3.05) is 0 Å². The zero-order valence-corrected chi connectivity index (χ0v) is 15.3. The van der Waals surface area contributed by atoms with Crippen LogP contribution in [0.1, 0.15) is 16.1 Å². The maximum absolute atomic E-state index is 11.8. The molecule has 2 N–H and O–H groups in total. The van der Waals surface area contributed by atoms with E-state index >= 15 is 0 Å². The fraction of sp³-hybridized carbons (Fsp3) is 0. The van der Waals surface area contributed by atoms with Crippen molar-refractivity contribution in [3.63, 3.8) is 0 Å². The molecule has 1 fully saturated rings. The molecule has 2 heterocycles. The number of carbonyl (C=O) groups excluding carboxylic acids is 1. The SMILES string of the molecule is O=C1NC(=Nc2ccccc2)C(=Cc2ccc(-c3ccc(C(=O)O)cc3)o2)S1. The Bertz CT molecular complexity index is 1100. The fourth-order valence-electron chi connectivity index (χ4n) is 2.64. The molecule has 1 saturated heterocycles. The lowest BCUT2D eigenvalue weighted by molar-refractivity contribution is 0.0697. The number of para-hydroxylation sites is 1. The van der Waals surface area contributed by atoms with Crippen molar-refractivity contribution in [1.82, 2.24) is 5.32 Å². The Labute approximate surface area is 164 Å². The van der Waals surface area contributed by atoms with Gasteiger partial charge in [0.1, 0.15) is 17.4 Å². The van der Waals surface area contributed by atoms with Gasteiger partial charge in [0.05, 0.1) is 16.2 Å². The maximum atomic E-state index is 11.8. The summed E-state index contributed by atoms with van der Waals surface area (Å²) in [4.78, 5) is 27.9. The highest BCUT2D eigenvalue weighted by Crippen LogP contribution is 2.30. The number of benzene rings is 2. The Balaban J connectivity index is 1.61. The van der Waals surface area contributed by atoms with Crippen LogP contribution in [0.15, 0.2) is 81.0 Å². The molecule has 2 aromatic carbocycles. The molecular weight excluding hydrogens is 376 g/mol. The minimum absolute atomic E-state index is 0.197. The molecule has 0 spiro atoms. The number of carboxylic acid groups (broad SMARTS) is 1. The quantitative estimate of drug-likeness (QED) is 0.641. The summed E-state index contributed by atoms with van der Waals surface area (Å²) in [5.74, 6) is 0.673. The number of carbonyl (C=O) groups is 2. The van der Waals surface area contributed by atoms with Gasteiger partial charge < -0.3 is 14.8 Å². The molecule has 1 aliphatic rings. The lowest BCUT2D eigenvalue weighted by atomic mass is 10.1. The highest BCUT2D eigenvalue weighted by molar-refractivity contribution is 8.18. The Morgan fingerprint density at radius 3 is 2.50 bits per heavy atom. The average Bonchev–Trinajstić information content (AvgIpc) is 3.29. The van der Waals surface area contributed by atoms with Crippen LogP contribution in [0.3, 0.4) is 0 Å². The summed E-state index contributed by atoms with van der Waals surface area (Å²) in [7, 11) is 0. The molecule has 4 rings (SSSR count). The number of thioether (sulfide) groups is 1. The zero-order valence-electron chi connectivity index (χ0n) is 14.5. The van der Waals surface area contributed by atoms with E-state index in [1.54, 1.807) is 30.3 Å². The van der Waals surface area contributed by atoms with E-state index in [0.717, 1.165) is 23.0 Å². The minimum atomic E-state index is -0.975. The molecule has 7 heteroatoms. The molecule has 1 aliphatic heterocycles. The van der Waals surface area contributed by atoms with Crippen molar-refractivity contribution in [3.8, 4) is 11.3 Å². The van der Waals surface area contributed by atoms with Gasteiger partial charge in [-0.05, 0) is 54.2 Å². The molecule has 0 unspecified atom stereocenters. The maximum Gasteiger partial charge on any atom is 0.335 e. The van der Waals surface area contributed by atoms with Gasteiger partial charge in [-0.2, -0.15) is 0 Å². The second-order valence-corrected chi connectivity index (χ2v) is 6.92. The number of hydrogen-bond donors (Lipinski definition) is 2. The summed E-state index contributed by atoms with van der Waals surface area (Å²) >= 11 is 1.05. The first-order chi connectivity index (χ1) is 13.6. The Morgan fingerprint density at radius 2 is 1.79 bits per heavy atom. The first-order valence-corrected chi connectivity index (χ1v) is 9.18. The van der Waals surface area contributed by atoms with E-state index in [1.165, 1.54) is 12.1 Å². The minimum Gasteiger partial charge on any atom is -0.478 e. The van der Waals surface area contributed by atoms with E-state index in [0.29, 0.717) is 22.3 Å². The van der Waals surface area contributed by atoms with Gasteiger partial charge in [0, 0.05) is 5.56 Å². The molecule has 0 atom stereocenters. The highest BCUT2D eigenvalue weighted by atomic mass is 32.2. The van der Waals surface area contributed by atoms with E-state index in [4.69, 9.17) is 9.52 Å². The van der Waals surface area contributed by atoms with Crippen molar-refractivity contribution in [1.29, 1.82) is 0 Å². The van der Waals surface area contributed by atoms with E-state index in [9.17, 15) is 9.59 Å². The summed E-state index contributed by atoms with van der Waals surface area (Å²) in [5.41, 5.74) is 1.72. The summed E-state index contributed by atoms with van der Waals surface area (Å²) in [6.45, 7) is 0. The third-order valence-electron chi connectivity index (χ3n) is 3.97. The predicted molar refractivity (Wildman–Crippen MR) is 109 cm³/mol. The van der Waals surface area contributed by atoms with Crippen LogP contribution in [0.4, 0.5) is 10.5 Å². The van der Waals surface area contributed by atoms with Gasteiger partial charge in [0.25, 0.3) is 5.24 Å². The van der Waals surface area contributed by atoms with E-state index in [-0.39, 0.29) is 10.8 Å². The van der Waals surface area contributed by atoms with Crippen LogP contribution in [0.5, 0.6) is 0 Å². The molecule has 28 heavy (non-hydrogen) atoms. The second kappa shape index (κ2) is 7.58. The number of amides is 1.